The monoisotopic (exact) mass is 351 g/mol. The quantitative estimate of drug-likeness (QED) is 0.785. The molecule has 2 rings (SSSR count). The highest BCUT2D eigenvalue weighted by Gasteiger charge is 2.10. The number of hydrogen-bond donors (Lipinski definition) is 1. The van der Waals surface area contributed by atoms with Gasteiger partial charge in [-0.1, -0.05) is 29.3 Å². The number of aliphatic carboxylic acids is 1. The molecule has 0 unspecified atom stereocenters. The number of nitrogens with zero attached hydrogens (tertiary/aromatic N) is 1. The Morgan fingerprint density at radius 3 is 2.39 bits per heavy atom. The third kappa shape index (κ3) is 4.71. The van der Waals surface area contributed by atoms with Gasteiger partial charge in [0.2, 0.25) is 0 Å². The Bertz CT molecular complexity index is 749. The van der Waals surface area contributed by atoms with Gasteiger partial charge in [-0.15, -0.1) is 0 Å². The Labute approximate surface area is 144 Å². The van der Waals surface area contributed by atoms with E-state index in [9.17, 15) is 4.79 Å². The average molecular weight is 352 g/mol. The van der Waals surface area contributed by atoms with Crippen LogP contribution in [0.1, 0.15) is 16.7 Å². The lowest BCUT2D eigenvalue weighted by Gasteiger charge is -2.08. The molecule has 0 spiro atoms. The SMILES string of the molecule is Cc1ccc(N=Cc2cc(Cl)c(OCC(=O)O)c(Cl)c2)cc1C. The number of aliphatic imine (C=N–C) groups is 1. The van der Waals surface area contributed by atoms with Crippen molar-refractivity contribution in [3.63, 3.8) is 0 Å². The molecule has 2 aromatic rings. The van der Waals surface area contributed by atoms with Crippen molar-refractivity contribution < 1.29 is 14.6 Å². The highest BCUT2D eigenvalue weighted by atomic mass is 35.5. The van der Waals surface area contributed by atoms with Crippen LogP contribution in [0.2, 0.25) is 10.0 Å². The molecule has 0 aliphatic heterocycles. The Hall–Kier alpha value is -2.04. The highest BCUT2D eigenvalue weighted by molar-refractivity contribution is 6.37. The molecule has 0 radical (unpaired) electrons. The van der Waals surface area contributed by atoms with Crippen LogP contribution in [0.15, 0.2) is 35.3 Å². The van der Waals surface area contributed by atoms with Crippen LogP contribution in [0.5, 0.6) is 5.75 Å². The summed E-state index contributed by atoms with van der Waals surface area (Å²) in [6.45, 7) is 3.56. The van der Waals surface area contributed by atoms with Crippen molar-refractivity contribution >= 4 is 41.1 Å². The van der Waals surface area contributed by atoms with E-state index in [4.69, 9.17) is 33.0 Å². The van der Waals surface area contributed by atoms with Crippen LogP contribution < -0.4 is 4.74 Å². The summed E-state index contributed by atoms with van der Waals surface area (Å²) in [7, 11) is 0. The predicted octanol–water partition coefficient (Wildman–Crippen LogP) is 4.82. The summed E-state index contributed by atoms with van der Waals surface area (Å²) in [4.78, 5) is 14.9. The second kappa shape index (κ2) is 7.49. The zero-order valence-electron chi connectivity index (χ0n) is 12.6. The first-order valence-corrected chi connectivity index (χ1v) is 7.57. The van der Waals surface area contributed by atoms with E-state index in [1.165, 1.54) is 5.56 Å². The molecular formula is C17H15Cl2NO3. The van der Waals surface area contributed by atoms with Crippen LogP contribution in [-0.4, -0.2) is 23.9 Å². The summed E-state index contributed by atoms with van der Waals surface area (Å²) in [5, 5.41) is 9.10. The van der Waals surface area contributed by atoms with Gasteiger partial charge < -0.3 is 9.84 Å². The molecule has 4 nitrogen and oxygen atoms in total. The molecule has 0 aliphatic carbocycles. The molecule has 1 N–H and O–H groups in total. The van der Waals surface area contributed by atoms with E-state index >= 15 is 0 Å². The van der Waals surface area contributed by atoms with Gasteiger partial charge in [0, 0.05) is 6.21 Å². The normalized spacial score (nSPS) is 11.0. The summed E-state index contributed by atoms with van der Waals surface area (Å²) in [6.07, 6.45) is 1.64. The highest BCUT2D eigenvalue weighted by Crippen LogP contribution is 2.34. The fraction of sp³-hybridized carbons (Fsp3) is 0.176. The van der Waals surface area contributed by atoms with Gasteiger partial charge in [0.25, 0.3) is 0 Å². The standard InChI is InChI=1S/C17H15Cl2NO3/c1-10-3-4-13(5-11(10)2)20-8-12-6-14(18)17(15(19)7-12)23-9-16(21)22/h3-8H,9H2,1-2H3,(H,21,22). The second-order valence-electron chi connectivity index (χ2n) is 5.02. The Kier molecular flexibility index (Phi) is 5.64. The van der Waals surface area contributed by atoms with Crippen LogP contribution in [0.3, 0.4) is 0 Å². The van der Waals surface area contributed by atoms with Crippen molar-refractivity contribution in [3.05, 3.63) is 57.1 Å². The first kappa shape index (κ1) is 17.3. The molecule has 0 saturated carbocycles. The van der Waals surface area contributed by atoms with Gasteiger partial charge in [0.1, 0.15) is 0 Å². The fourth-order valence-corrected chi connectivity index (χ4v) is 2.49. The number of benzene rings is 2. The van der Waals surface area contributed by atoms with Gasteiger partial charge >= 0.3 is 5.97 Å². The minimum Gasteiger partial charge on any atom is -0.479 e. The molecular weight excluding hydrogens is 337 g/mol. The number of hydrogen-bond acceptors (Lipinski definition) is 3. The summed E-state index contributed by atoms with van der Waals surface area (Å²) in [6, 6.07) is 9.15. The first-order valence-electron chi connectivity index (χ1n) is 6.82. The van der Waals surface area contributed by atoms with Crippen molar-refractivity contribution in [1.82, 2.24) is 0 Å². The predicted molar refractivity (Wildman–Crippen MR) is 92.8 cm³/mol. The third-order valence-corrected chi connectivity index (χ3v) is 3.78. The molecule has 0 aliphatic rings. The van der Waals surface area contributed by atoms with Gasteiger partial charge in [-0.25, -0.2) is 4.79 Å². The van der Waals surface area contributed by atoms with E-state index in [0.717, 1.165) is 11.3 Å². The van der Waals surface area contributed by atoms with E-state index in [1.807, 2.05) is 32.0 Å². The minimum absolute atomic E-state index is 0.152. The summed E-state index contributed by atoms with van der Waals surface area (Å²) >= 11 is 12.2. The summed E-state index contributed by atoms with van der Waals surface area (Å²) in [5.74, 6) is -0.948. The maximum Gasteiger partial charge on any atom is 0.341 e. The Balaban J connectivity index is 2.22. The molecule has 0 fully saturated rings. The number of aryl methyl sites for hydroxylation is 2. The summed E-state index contributed by atoms with van der Waals surface area (Å²) in [5.41, 5.74) is 3.88. The smallest absolute Gasteiger partial charge is 0.341 e. The number of rotatable bonds is 5. The van der Waals surface area contributed by atoms with E-state index < -0.39 is 12.6 Å². The van der Waals surface area contributed by atoms with Gasteiger partial charge in [-0.3, -0.25) is 4.99 Å². The van der Waals surface area contributed by atoms with Crippen molar-refractivity contribution in [1.29, 1.82) is 0 Å². The lowest BCUT2D eigenvalue weighted by atomic mass is 10.1. The second-order valence-corrected chi connectivity index (χ2v) is 5.84. The first-order chi connectivity index (χ1) is 10.9. The molecule has 0 saturated heterocycles. The zero-order valence-corrected chi connectivity index (χ0v) is 14.1. The van der Waals surface area contributed by atoms with Crippen LogP contribution in [0.25, 0.3) is 0 Å². The van der Waals surface area contributed by atoms with E-state index in [0.29, 0.717) is 5.56 Å². The van der Waals surface area contributed by atoms with Gasteiger partial charge in [0.15, 0.2) is 12.4 Å². The lowest BCUT2D eigenvalue weighted by molar-refractivity contribution is -0.139. The largest absolute Gasteiger partial charge is 0.479 e. The van der Waals surface area contributed by atoms with Crippen LogP contribution in [0, 0.1) is 13.8 Å². The van der Waals surface area contributed by atoms with Crippen molar-refractivity contribution in [3.8, 4) is 5.75 Å². The summed E-state index contributed by atoms with van der Waals surface area (Å²) < 4.78 is 5.07. The zero-order chi connectivity index (χ0) is 17.0. The molecule has 2 aromatic carbocycles. The van der Waals surface area contributed by atoms with Crippen LogP contribution in [0.4, 0.5) is 5.69 Å². The lowest BCUT2D eigenvalue weighted by Crippen LogP contribution is -2.10. The maximum atomic E-state index is 10.5. The van der Waals surface area contributed by atoms with E-state index in [-0.39, 0.29) is 15.8 Å². The molecule has 6 heteroatoms. The van der Waals surface area contributed by atoms with Crippen molar-refractivity contribution in [2.24, 2.45) is 4.99 Å². The van der Waals surface area contributed by atoms with Crippen LogP contribution >= 0.6 is 23.2 Å². The number of carboxylic acid groups (broad SMARTS) is 1. The molecule has 0 atom stereocenters. The molecule has 0 amide bonds. The average Bonchev–Trinajstić information content (AvgIpc) is 2.47. The van der Waals surface area contributed by atoms with Crippen molar-refractivity contribution in [2.75, 3.05) is 6.61 Å². The third-order valence-electron chi connectivity index (χ3n) is 3.21. The minimum atomic E-state index is -1.10. The number of ether oxygens (including phenoxy) is 1. The number of halogens is 2. The Morgan fingerprint density at radius 2 is 1.83 bits per heavy atom. The molecule has 120 valence electrons. The van der Waals surface area contributed by atoms with E-state index in [2.05, 4.69) is 4.99 Å². The van der Waals surface area contributed by atoms with E-state index in [1.54, 1.807) is 18.3 Å². The fourth-order valence-electron chi connectivity index (χ4n) is 1.88. The van der Waals surface area contributed by atoms with Gasteiger partial charge in [-0.05, 0) is 54.8 Å². The van der Waals surface area contributed by atoms with Gasteiger partial charge in [-0.2, -0.15) is 0 Å². The number of carboxylic acids is 1. The molecule has 0 heterocycles. The van der Waals surface area contributed by atoms with Gasteiger partial charge in [0.05, 0.1) is 15.7 Å². The Morgan fingerprint density at radius 1 is 1.17 bits per heavy atom. The van der Waals surface area contributed by atoms with Crippen molar-refractivity contribution in [2.45, 2.75) is 13.8 Å². The topological polar surface area (TPSA) is 58.9 Å². The molecule has 0 bridgehead atoms. The van der Waals surface area contributed by atoms with Crippen LogP contribution in [-0.2, 0) is 4.79 Å². The molecule has 23 heavy (non-hydrogen) atoms. The maximum absolute atomic E-state index is 10.5. The molecule has 0 aromatic heterocycles. The number of carbonyl (C=O) groups is 1.